The van der Waals surface area contributed by atoms with E-state index in [2.05, 4.69) is 10.3 Å². The molecule has 1 heterocycles. The maximum atomic E-state index is 12.7. The highest BCUT2D eigenvalue weighted by Crippen LogP contribution is 2.16. The largest absolute Gasteiger partial charge is 0.481 e. The minimum atomic E-state index is -1.21. The average molecular weight is 386 g/mol. The molecule has 27 heavy (non-hydrogen) atoms. The number of hydrogen-bond donors (Lipinski definition) is 2. The smallest absolute Gasteiger partial charge is 0.315 e. The first-order valence-electron chi connectivity index (χ1n) is 8.12. The fourth-order valence-electron chi connectivity index (χ4n) is 2.54. The van der Waals surface area contributed by atoms with Crippen molar-refractivity contribution in [3.8, 4) is 0 Å². The van der Waals surface area contributed by atoms with E-state index in [4.69, 9.17) is 16.7 Å². The van der Waals surface area contributed by atoms with Crippen LogP contribution >= 0.6 is 11.6 Å². The van der Waals surface area contributed by atoms with E-state index in [0.717, 1.165) is 5.56 Å². The molecule has 3 rings (SSSR count). The molecule has 0 saturated heterocycles. The van der Waals surface area contributed by atoms with Gasteiger partial charge in [0, 0.05) is 10.7 Å². The highest BCUT2D eigenvalue weighted by Gasteiger charge is 2.20. The molecule has 0 spiro atoms. The number of fused-ring (bicyclic) bond motifs is 1. The van der Waals surface area contributed by atoms with Crippen molar-refractivity contribution in [1.29, 1.82) is 0 Å². The molecule has 7 nitrogen and oxygen atoms in total. The Morgan fingerprint density at radius 1 is 1.26 bits per heavy atom. The molecule has 1 aromatic heterocycles. The fourth-order valence-corrected chi connectivity index (χ4v) is 2.76. The topological polar surface area (TPSA) is 101 Å². The number of carbonyl (C=O) groups is 2. The minimum Gasteiger partial charge on any atom is -0.481 e. The van der Waals surface area contributed by atoms with Crippen LogP contribution in [0.4, 0.5) is 5.69 Å². The van der Waals surface area contributed by atoms with Gasteiger partial charge in [-0.2, -0.15) is 0 Å². The lowest BCUT2D eigenvalue weighted by Crippen LogP contribution is -2.27. The zero-order chi connectivity index (χ0) is 19.6. The van der Waals surface area contributed by atoms with Gasteiger partial charge in [-0.05, 0) is 42.8 Å². The number of rotatable bonds is 5. The van der Waals surface area contributed by atoms with Crippen molar-refractivity contribution < 1.29 is 14.7 Å². The van der Waals surface area contributed by atoms with Gasteiger partial charge in [-0.15, -0.1) is 0 Å². The Balaban J connectivity index is 1.88. The molecule has 0 radical (unpaired) electrons. The predicted octanol–water partition coefficient (Wildman–Crippen LogP) is 2.76. The summed E-state index contributed by atoms with van der Waals surface area (Å²) >= 11 is 5.97. The highest BCUT2D eigenvalue weighted by molar-refractivity contribution is 6.30. The second kappa shape index (κ2) is 7.59. The van der Waals surface area contributed by atoms with E-state index in [0.29, 0.717) is 28.2 Å². The molecule has 2 aromatic carbocycles. The molecule has 3 aromatic rings. The SMILES string of the molecule is CC(C(=O)O)C(=O)Nc1ccc2c(=O)n(Cc3cccc(Cl)c3)cnc2c1. The number of amides is 1. The van der Waals surface area contributed by atoms with Crippen LogP contribution in [-0.2, 0) is 16.1 Å². The first-order valence-corrected chi connectivity index (χ1v) is 8.50. The van der Waals surface area contributed by atoms with Gasteiger partial charge in [0.15, 0.2) is 0 Å². The van der Waals surface area contributed by atoms with Gasteiger partial charge in [0.05, 0.1) is 23.8 Å². The summed E-state index contributed by atoms with van der Waals surface area (Å²) in [5.74, 6) is -3.04. The summed E-state index contributed by atoms with van der Waals surface area (Å²) < 4.78 is 1.47. The van der Waals surface area contributed by atoms with E-state index in [-0.39, 0.29) is 5.56 Å². The van der Waals surface area contributed by atoms with Crippen molar-refractivity contribution in [3.05, 3.63) is 69.7 Å². The first-order chi connectivity index (χ1) is 12.8. The van der Waals surface area contributed by atoms with Crippen LogP contribution in [0.3, 0.4) is 0 Å². The van der Waals surface area contributed by atoms with E-state index in [1.54, 1.807) is 24.3 Å². The number of halogens is 1. The normalized spacial score (nSPS) is 11.9. The second-order valence-corrected chi connectivity index (χ2v) is 6.53. The number of carboxylic acid groups (broad SMARTS) is 1. The van der Waals surface area contributed by atoms with Crippen molar-refractivity contribution in [2.45, 2.75) is 13.5 Å². The van der Waals surface area contributed by atoms with Gasteiger partial charge in [0.2, 0.25) is 5.91 Å². The van der Waals surface area contributed by atoms with Gasteiger partial charge in [-0.25, -0.2) is 4.98 Å². The van der Waals surface area contributed by atoms with Crippen molar-refractivity contribution in [1.82, 2.24) is 9.55 Å². The summed E-state index contributed by atoms with van der Waals surface area (Å²) in [6, 6.07) is 11.8. The van der Waals surface area contributed by atoms with Gasteiger partial charge >= 0.3 is 5.97 Å². The number of carbonyl (C=O) groups excluding carboxylic acids is 1. The number of hydrogen-bond acceptors (Lipinski definition) is 4. The maximum Gasteiger partial charge on any atom is 0.315 e. The number of aliphatic carboxylic acids is 1. The Bertz CT molecular complexity index is 1090. The quantitative estimate of drug-likeness (QED) is 0.657. The Morgan fingerprint density at radius 3 is 2.74 bits per heavy atom. The van der Waals surface area contributed by atoms with Crippen LogP contribution in [0.15, 0.2) is 53.6 Å². The van der Waals surface area contributed by atoms with E-state index >= 15 is 0 Å². The molecule has 1 atom stereocenters. The minimum absolute atomic E-state index is 0.225. The van der Waals surface area contributed by atoms with E-state index in [1.165, 1.54) is 23.9 Å². The van der Waals surface area contributed by atoms with E-state index < -0.39 is 17.8 Å². The Morgan fingerprint density at radius 2 is 2.04 bits per heavy atom. The number of anilines is 1. The summed E-state index contributed by atoms with van der Waals surface area (Å²) in [7, 11) is 0. The van der Waals surface area contributed by atoms with Crippen LogP contribution in [0.2, 0.25) is 5.02 Å². The molecule has 8 heteroatoms. The standard InChI is InChI=1S/C19H16ClN3O4/c1-11(19(26)27)17(24)22-14-5-6-15-16(8-14)21-10-23(18(15)25)9-12-3-2-4-13(20)7-12/h2-8,10-11H,9H2,1H3,(H,22,24)(H,26,27). The lowest BCUT2D eigenvalue weighted by molar-refractivity contribution is -0.144. The van der Waals surface area contributed by atoms with Crippen LogP contribution < -0.4 is 10.9 Å². The zero-order valence-electron chi connectivity index (χ0n) is 14.3. The molecule has 2 N–H and O–H groups in total. The van der Waals surface area contributed by atoms with Crippen LogP contribution in [0.5, 0.6) is 0 Å². The molecule has 0 saturated carbocycles. The Hall–Kier alpha value is -3.19. The summed E-state index contributed by atoms with van der Waals surface area (Å²) in [6.45, 7) is 1.63. The summed E-state index contributed by atoms with van der Waals surface area (Å²) in [5, 5.41) is 12.4. The molecular weight excluding hydrogens is 370 g/mol. The monoisotopic (exact) mass is 385 g/mol. The number of nitrogens with zero attached hydrogens (tertiary/aromatic N) is 2. The summed E-state index contributed by atoms with van der Waals surface area (Å²) in [4.78, 5) is 39.7. The van der Waals surface area contributed by atoms with Crippen LogP contribution in [0.1, 0.15) is 12.5 Å². The van der Waals surface area contributed by atoms with Gasteiger partial charge in [-0.3, -0.25) is 19.0 Å². The van der Waals surface area contributed by atoms with E-state index in [9.17, 15) is 14.4 Å². The van der Waals surface area contributed by atoms with Gasteiger partial charge in [0.1, 0.15) is 5.92 Å². The molecule has 0 aliphatic rings. The summed E-state index contributed by atoms with van der Waals surface area (Å²) in [5.41, 5.74) is 1.43. The third kappa shape index (κ3) is 4.15. The Labute approximate surface area is 159 Å². The highest BCUT2D eigenvalue weighted by atomic mass is 35.5. The number of aromatic nitrogens is 2. The first kappa shape index (κ1) is 18.6. The lowest BCUT2D eigenvalue weighted by atomic mass is 10.1. The molecule has 1 unspecified atom stereocenters. The van der Waals surface area contributed by atoms with Crippen molar-refractivity contribution >= 4 is 40.1 Å². The lowest BCUT2D eigenvalue weighted by Gasteiger charge is -2.10. The average Bonchev–Trinajstić information content (AvgIpc) is 2.63. The van der Waals surface area contributed by atoms with Crippen molar-refractivity contribution in [2.24, 2.45) is 5.92 Å². The number of carboxylic acids is 1. The van der Waals surface area contributed by atoms with Crippen molar-refractivity contribution in [3.63, 3.8) is 0 Å². The maximum absolute atomic E-state index is 12.7. The Kier molecular flexibility index (Phi) is 5.23. The molecular formula is C19H16ClN3O4. The van der Waals surface area contributed by atoms with Crippen LogP contribution in [-0.4, -0.2) is 26.5 Å². The molecule has 138 valence electrons. The summed E-state index contributed by atoms with van der Waals surface area (Å²) in [6.07, 6.45) is 1.43. The number of nitrogens with one attached hydrogen (secondary N) is 1. The predicted molar refractivity (Wildman–Crippen MR) is 102 cm³/mol. The fraction of sp³-hybridized carbons (Fsp3) is 0.158. The van der Waals surface area contributed by atoms with Gasteiger partial charge in [-0.1, -0.05) is 23.7 Å². The third-order valence-electron chi connectivity index (χ3n) is 4.10. The number of benzene rings is 2. The second-order valence-electron chi connectivity index (χ2n) is 6.09. The molecule has 0 aliphatic heterocycles. The van der Waals surface area contributed by atoms with E-state index in [1.807, 2.05) is 12.1 Å². The molecule has 0 aliphatic carbocycles. The molecule has 0 fully saturated rings. The van der Waals surface area contributed by atoms with Gasteiger partial charge < -0.3 is 10.4 Å². The van der Waals surface area contributed by atoms with Crippen LogP contribution in [0, 0.1) is 5.92 Å². The van der Waals surface area contributed by atoms with Crippen LogP contribution in [0.25, 0.3) is 10.9 Å². The van der Waals surface area contributed by atoms with Crippen molar-refractivity contribution in [2.75, 3.05) is 5.32 Å². The molecule has 0 bridgehead atoms. The third-order valence-corrected chi connectivity index (χ3v) is 4.33. The zero-order valence-corrected chi connectivity index (χ0v) is 15.1. The van der Waals surface area contributed by atoms with Gasteiger partial charge in [0.25, 0.3) is 5.56 Å². The molecule has 1 amide bonds.